The van der Waals surface area contributed by atoms with Gasteiger partial charge in [0.1, 0.15) is 5.15 Å². The van der Waals surface area contributed by atoms with Crippen molar-refractivity contribution in [3.63, 3.8) is 0 Å². The van der Waals surface area contributed by atoms with Gasteiger partial charge >= 0.3 is 6.03 Å². The minimum Gasteiger partial charge on any atom is -0.481 e. The molecule has 0 spiro atoms. The van der Waals surface area contributed by atoms with Crippen molar-refractivity contribution < 1.29 is 14.6 Å². The summed E-state index contributed by atoms with van der Waals surface area (Å²) in [6, 6.07) is 3.01. The highest BCUT2D eigenvalue weighted by atomic mass is 35.5. The van der Waals surface area contributed by atoms with Crippen molar-refractivity contribution in [1.82, 2.24) is 9.88 Å². The third kappa shape index (κ3) is 3.74. The number of carbonyl (C=O) groups excluding carboxylic acids is 1. The van der Waals surface area contributed by atoms with Gasteiger partial charge in [-0.15, -0.1) is 0 Å². The second kappa shape index (κ2) is 6.76. The maximum Gasteiger partial charge on any atom is 0.321 e. The maximum absolute atomic E-state index is 12.1. The fourth-order valence-electron chi connectivity index (χ4n) is 2.17. The SMILES string of the molecule is COc1cc(NC(=O)N2CCC(CO)CC2)cc(Cl)n1. The molecule has 0 aromatic carbocycles. The molecule has 6 nitrogen and oxygen atoms in total. The molecule has 0 aliphatic carbocycles. The van der Waals surface area contributed by atoms with Crippen LogP contribution in [-0.4, -0.2) is 47.8 Å². The second-order valence-corrected chi connectivity index (χ2v) is 5.15. The summed E-state index contributed by atoms with van der Waals surface area (Å²) in [5.74, 6) is 0.654. The van der Waals surface area contributed by atoms with E-state index in [-0.39, 0.29) is 17.8 Å². The van der Waals surface area contributed by atoms with Crippen molar-refractivity contribution in [2.45, 2.75) is 12.8 Å². The molecule has 2 N–H and O–H groups in total. The van der Waals surface area contributed by atoms with Gasteiger partial charge in [-0.05, 0) is 24.8 Å². The number of methoxy groups -OCH3 is 1. The highest BCUT2D eigenvalue weighted by Crippen LogP contribution is 2.21. The summed E-state index contributed by atoms with van der Waals surface area (Å²) in [7, 11) is 1.49. The lowest BCUT2D eigenvalue weighted by Crippen LogP contribution is -2.41. The predicted molar refractivity (Wildman–Crippen MR) is 76.2 cm³/mol. The molecule has 110 valence electrons. The van der Waals surface area contributed by atoms with Crippen LogP contribution in [0.5, 0.6) is 5.88 Å². The van der Waals surface area contributed by atoms with Crippen LogP contribution in [0.15, 0.2) is 12.1 Å². The largest absolute Gasteiger partial charge is 0.481 e. The smallest absolute Gasteiger partial charge is 0.321 e. The number of nitrogens with zero attached hydrogens (tertiary/aromatic N) is 2. The first-order valence-electron chi connectivity index (χ1n) is 6.50. The summed E-state index contributed by atoms with van der Waals surface area (Å²) >= 11 is 5.85. The molecule has 0 saturated carbocycles. The van der Waals surface area contributed by atoms with Crippen LogP contribution in [0, 0.1) is 5.92 Å². The third-order valence-corrected chi connectivity index (χ3v) is 3.58. The number of likely N-dealkylation sites (tertiary alicyclic amines) is 1. The zero-order valence-corrected chi connectivity index (χ0v) is 12.1. The van der Waals surface area contributed by atoms with Crippen LogP contribution in [0.4, 0.5) is 10.5 Å². The summed E-state index contributed by atoms with van der Waals surface area (Å²) in [5.41, 5.74) is 0.552. The molecule has 1 aromatic rings. The standard InChI is InChI=1S/C13H18ClN3O3/c1-20-12-7-10(6-11(14)16-12)15-13(19)17-4-2-9(8-18)3-5-17/h6-7,9,18H,2-5,8H2,1H3,(H,15,16,19). The molecule has 1 aliphatic rings. The molecule has 1 aliphatic heterocycles. The van der Waals surface area contributed by atoms with E-state index in [1.54, 1.807) is 17.0 Å². The number of hydrogen-bond donors (Lipinski definition) is 2. The summed E-state index contributed by atoms with van der Waals surface area (Å²) in [6.45, 7) is 1.48. The zero-order valence-electron chi connectivity index (χ0n) is 11.3. The Hall–Kier alpha value is -1.53. The van der Waals surface area contributed by atoms with Crippen LogP contribution >= 0.6 is 11.6 Å². The number of anilines is 1. The molecular formula is C13H18ClN3O3. The Morgan fingerprint density at radius 3 is 2.85 bits per heavy atom. The molecule has 7 heteroatoms. The number of rotatable bonds is 3. The number of aromatic nitrogens is 1. The minimum absolute atomic E-state index is 0.175. The second-order valence-electron chi connectivity index (χ2n) is 4.76. The molecule has 0 unspecified atom stereocenters. The van der Waals surface area contributed by atoms with Gasteiger partial charge in [0.15, 0.2) is 0 Å². The Morgan fingerprint density at radius 2 is 2.25 bits per heavy atom. The summed E-state index contributed by atoms with van der Waals surface area (Å²) in [4.78, 5) is 17.8. The van der Waals surface area contributed by atoms with Gasteiger partial charge in [0, 0.05) is 25.8 Å². The Labute approximate surface area is 122 Å². The van der Waals surface area contributed by atoms with Gasteiger partial charge in [-0.1, -0.05) is 11.6 Å². The van der Waals surface area contributed by atoms with E-state index in [2.05, 4.69) is 10.3 Å². The van der Waals surface area contributed by atoms with Crippen molar-refractivity contribution in [2.75, 3.05) is 32.1 Å². The van der Waals surface area contributed by atoms with Crippen LogP contribution in [0.1, 0.15) is 12.8 Å². The lowest BCUT2D eigenvalue weighted by Gasteiger charge is -2.31. The average Bonchev–Trinajstić information content (AvgIpc) is 2.46. The van der Waals surface area contributed by atoms with E-state index in [0.29, 0.717) is 30.6 Å². The quantitative estimate of drug-likeness (QED) is 0.837. The van der Waals surface area contributed by atoms with Gasteiger partial charge < -0.3 is 20.1 Å². The first kappa shape index (κ1) is 14.9. The molecule has 2 heterocycles. The van der Waals surface area contributed by atoms with E-state index in [9.17, 15) is 4.79 Å². The first-order valence-corrected chi connectivity index (χ1v) is 6.88. The fourth-order valence-corrected chi connectivity index (χ4v) is 2.37. The number of hydrogen-bond acceptors (Lipinski definition) is 4. The zero-order chi connectivity index (χ0) is 14.5. The Kier molecular flexibility index (Phi) is 5.03. The van der Waals surface area contributed by atoms with Crippen molar-refractivity contribution >= 4 is 23.3 Å². The highest BCUT2D eigenvalue weighted by molar-refractivity contribution is 6.29. The molecule has 20 heavy (non-hydrogen) atoms. The van der Waals surface area contributed by atoms with E-state index >= 15 is 0 Å². The van der Waals surface area contributed by atoms with Crippen LogP contribution in [-0.2, 0) is 0 Å². The number of aliphatic hydroxyl groups excluding tert-OH is 1. The average molecular weight is 300 g/mol. The van der Waals surface area contributed by atoms with E-state index in [0.717, 1.165) is 12.8 Å². The van der Waals surface area contributed by atoms with Crippen molar-refractivity contribution in [3.8, 4) is 5.88 Å². The molecular weight excluding hydrogens is 282 g/mol. The molecule has 1 saturated heterocycles. The molecule has 0 bridgehead atoms. The number of amides is 2. The van der Waals surface area contributed by atoms with Crippen LogP contribution in [0.25, 0.3) is 0 Å². The first-order chi connectivity index (χ1) is 9.62. The molecule has 2 rings (SSSR count). The van der Waals surface area contributed by atoms with Gasteiger partial charge in [0.25, 0.3) is 0 Å². The van der Waals surface area contributed by atoms with Gasteiger partial charge in [0.05, 0.1) is 12.8 Å². The number of piperidine rings is 1. The van der Waals surface area contributed by atoms with E-state index < -0.39 is 0 Å². The van der Waals surface area contributed by atoms with Crippen LogP contribution in [0.3, 0.4) is 0 Å². The Balaban J connectivity index is 1.96. The molecule has 0 radical (unpaired) electrons. The number of urea groups is 1. The lowest BCUT2D eigenvalue weighted by molar-refractivity contribution is 0.143. The van der Waals surface area contributed by atoms with Gasteiger partial charge in [-0.3, -0.25) is 0 Å². The number of aliphatic hydroxyl groups is 1. The van der Waals surface area contributed by atoms with Crippen LogP contribution < -0.4 is 10.1 Å². The molecule has 1 fully saturated rings. The van der Waals surface area contributed by atoms with Gasteiger partial charge in [0.2, 0.25) is 5.88 Å². The predicted octanol–water partition coefficient (Wildman–Crippen LogP) is 1.98. The number of ether oxygens (including phenoxy) is 1. The molecule has 0 atom stereocenters. The molecule has 1 aromatic heterocycles. The fraction of sp³-hybridized carbons (Fsp3) is 0.538. The monoisotopic (exact) mass is 299 g/mol. The van der Waals surface area contributed by atoms with E-state index in [1.807, 2.05) is 0 Å². The van der Waals surface area contributed by atoms with Gasteiger partial charge in [-0.25, -0.2) is 9.78 Å². The molecule has 2 amide bonds. The van der Waals surface area contributed by atoms with Gasteiger partial charge in [-0.2, -0.15) is 0 Å². The maximum atomic E-state index is 12.1. The van der Waals surface area contributed by atoms with E-state index in [4.69, 9.17) is 21.4 Å². The summed E-state index contributed by atoms with van der Waals surface area (Å²) in [5, 5.41) is 12.1. The summed E-state index contributed by atoms with van der Waals surface area (Å²) in [6.07, 6.45) is 1.65. The number of nitrogens with one attached hydrogen (secondary N) is 1. The topological polar surface area (TPSA) is 74.7 Å². The van der Waals surface area contributed by atoms with Crippen LogP contribution in [0.2, 0.25) is 5.15 Å². The number of pyridine rings is 1. The van der Waals surface area contributed by atoms with Crippen molar-refractivity contribution in [1.29, 1.82) is 0 Å². The Morgan fingerprint density at radius 1 is 1.55 bits per heavy atom. The van der Waals surface area contributed by atoms with Crippen molar-refractivity contribution in [2.24, 2.45) is 5.92 Å². The Bertz CT molecular complexity index is 476. The normalized spacial score (nSPS) is 16.1. The van der Waals surface area contributed by atoms with E-state index in [1.165, 1.54) is 7.11 Å². The lowest BCUT2D eigenvalue weighted by atomic mass is 9.98. The summed E-state index contributed by atoms with van der Waals surface area (Å²) < 4.78 is 5.00. The van der Waals surface area contributed by atoms with Crippen molar-refractivity contribution in [3.05, 3.63) is 17.3 Å². The number of halogens is 1. The minimum atomic E-state index is -0.175. The third-order valence-electron chi connectivity index (χ3n) is 3.39. The number of carbonyl (C=O) groups is 1. The highest BCUT2D eigenvalue weighted by Gasteiger charge is 2.22.